The number of benzene rings is 2. The number of likely N-dealkylation sites (tertiary alicyclic amines) is 1. The van der Waals surface area contributed by atoms with Gasteiger partial charge in [-0.3, -0.25) is 4.79 Å². The molecule has 0 aliphatic carbocycles. The smallest absolute Gasteiger partial charge is 0.257 e. The molecule has 0 bridgehead atoms. The Morgan fingerprint density at radius 3 is 2.44 bits per heavy atom. The number of para-hydroxylation sites is 1. The van der Waals surface area contributed by atoms with Crippen molar-refractivity contribution < 1.29 is 9.53 Å². The van der Waals surface area contributed by atoms with E-state index in [-0.39, 0.29) is 5.91 Å². The number of methoxy groups -OCH3 is 1. The Morgan fingerprint density at radius 2 is 1.78 bits per heavy atom. The fourth-order valence-electron chi connectivity index (χ4n) is 4.23. The number of nitrogens with zero attached hydrogens (tertiary/aromatic N) is 5. The number of amides is 1. The molecule has 0 unspecified atom stereocenters. The van der Waals surface area contributed by atoms with Crippen molar-refractivity contribution in [3.8, 4) is 22.7 Å². The van der Waals surface area contributed by atoms with Gasteiger partial charge in [-0.1, -0.05) is 18.2 Å². The monoisotopic (exact) mass is 427 g/mol. The Morgan fingerprint density at radius 1 is 1.03 bits per heavy atom. The van der Waals surface area contributed by atoms with E-state index < -0.39 is 0 Å². The number of ether oxygens (including phenoxy) is 1. The molecule has 0 radical (unpaired) electrons. The molecule has 32 heavy (non-hydrogen) atoms. The Labute approximate surface area is 186 Å². The SMILES string of the molecule is COc1ccc(-c2nn(-c3ccccc3)cc2C(=O)N2CCC(n3ccnc3)CC2)cc1. The molecule has 0 spiro atoms. The molecular formula is C25H25N5O2. The first kappa shape index (κ1) is 20.1. The molecule has 5 rings (SSSR count). The third-order valence-electron chi connectivity index (χ3n) is 6.03. The number of piperidine rings is 1. The Kier molecular flexibility index (Phi) is 5.46. The van der Waals surface area contributed by atoms with E-state index in [0.717, 1.165) is 29.8 Å². The Hall–Kier alpha value is -3.87. The fraction of sp³-hybridized carbons (Fsp3) is 0.240. The molecule has 4 aromatic rings. The zero-order valence-corrected chi connectivity index (χ0v) is 18.0. The quantitative estimate of drug-likeness (QED) is 0.478. The summed E-state index contributed by atoms with van der Waals surface area (Å²) in [7, 11) is 1.64. The number of hydrogen-bond donors (Lipinski definition) is 0. The van der Waals surface area contributed by atoms with Crippen LogP contribution in [0.15, 0.2) is 79.5 Å². The van der Waals surface area contributed by atoms with Gasteiger partial charge in [0, 0.05) is 43.3 Å². The van der Waals surface area contributed by atoms with Gasteiger partial charge in [-0.05, 0) is 49.2 Å². The average Bonchev–Trinajstić information content (AvgIpc) is 3.55. The van der Waals surface area contributed by atoms with Crippen molar-refractivity contribution in [2.45, 2.75) is 18.9 Å². The van der Waals surface area contributed by atoms with Crippen molar-refractivity contribution >= 4 is 5.91 Å². The number of hydrogen-bond acceptors (Lipinski definition) is 4. The minimum Gasteiger partial charge on any atom is -0.497 e. The third-order valence-corrected chi connectivity index (χ3v) is 6.03. The summed E-state index contributed by atoms with van der Waals surface area (Å²) in [4.78, 5) is 19.7. The highest BCUT2D eigenvalue weighted by molar-refractivity contribution is 6.00. The molecule has 0 saturated carbocycles. The lowest BCUT2D eigenvalue weighted by Crippen LogP contribution is -2.39. The summed E-state index contributed by atoms with van der Waals surface area (Å²) < 4.78 is 9.21. The van der Waals surface area contributed by atoms with Gasteiger partial charge in [0.1, 0.15) is 11.4 Å². The fourth-order valence-corrected chi connectivity index (χ4v) is 4.23. The van der Waals surface area contributed by atoms with E-state index in [2.05, 4.69) is 9.55 Å². The summed E-state index contributed by atoms with van der Waals surface area (Å²) in [5.74, 6) is 0.785. The summed E-state index contributed by atoms with van der Waals surface area (Å²) in [5.41, 5.74) is 3.09. The lowest BCUT2D eigenvalue weighted by atomic mass is 10.0. The van der Waals surface area contributed by atoms with E-state index in [9.17, 15) is 4.79 Å². The maximum atomic E-state index is 13.6. The zero-order chi connectivity index (χ0) is 21.9. The van der Waals surface area contributed by atoms with Crippen LogP contribution >= 0.6 is 0 Å². The average molecular weight is 428 g/mol. The summed E-state index contributed by atoms with van der Waals surface area (Å²) in [5, 5.41) is 4.79. The van der Waals surface area contributed by atoms with Gasteiger partial charge in [0.2, 0.25) is 0 Å². The molecule has 1 aliphatic heterocycles. The van der Waals surface area contributed by atoms with Gasteiger partial charge < -0.3 is 14.2 Å². The Balaban J connectivity index is 1.45. The minimum absolute atomic E-state index is 0.0158. The molecule has 1 fully saturated rings. The molecule has 0 atom stereocenters. The van der Waals surface area contributed by atoms with Crippen LogP contribution in [0.1, 0.15) is 29.2 Å². The summed E-state index contributed by atoms with van der Waals surface area (Å²) in [6, 6.07) is 17.9. The lowest BCUT2D eigenvalue weighted by Gasteiger charge is -2.32. The maximum absolute atomic E-state index is 13.6. The number of carbonyl (C=O) groups is 1. The highest BCUT2D eigenvalue weighted by Gasteiger charge is 2.28. The van der Waals surface area contributed by atoms with Crippen LogP contribution in [0.25, 0.3) is 16.9 Å². The van der Waals surface area contributed by atoms with E-state index in [1.165, 1.54) is 0 Å². The van der Waals surface area contributed by atoms with E-state index in [0.29, 0.717) is 30.4 Å². The Bertz CT molecular complexity index is 1180. The van der Waals surface area contributed by atoms with E-state index in [4.69, 9.17) is 9.84 Å². The highest BCUT2D eigenvalue weighted by Crippen LogP contribution is 2.29. The summed E-state index contributed by atoms with van der Waals surface area (Å²) >= 11 is 0. The van der Waals surface area contributed by atoms with Gasteiger partial charge in [0.25, 0.3) is 5.91 Å². The van der Waals surface area contributed by atoms with Crippen LogP contribution < -0.4 is 4.74 Å². The first-order chi connectivity index (χ1) is 15.7. The molecule has 2 aromatic carbocycles. The number of carbonyl (C=O) groups excluding carboxylic acids is 1. The van der Waals surface area contributed by atoms with Crippen LogP contribution in [0.3, 0.4) is 0 Å². The second kappa shape index (κ2) is 8.70. The molecule has 0 N–H and O–H groups in total. The van der Waals surface area contributed by atoms with Crippen LogP contribution in [-0.2, 0) is 0 Å². The molecule has 7 nitrogen and oxygen atoms in total. The highest BCUT2D eigenvalue weighted by atomic mass is 16.5. The molecular weight excluding hydrogens is 402 g/mol. The zero-order valence-electron chi connectivity index (χ0n) is 18.0. The minimum atomic E-state index is 0.0158. The lowest BCUT2D eigenvalue weighted by molar-refractivity contribution is 0.0695. The van der Waals surface area contributed by atoms with Crippen molar-refractivity contribution in [2.24, 2.45) is 0 Å². The molecule has 1 aliphatic rings. The second-order valence-corrected chi connectivity index (χ2v) is 7.93. The topological polar surface area (TPSA) is 65.2 Å². The molecule has 162 valence electrons. The first-order valence-corrected chi connectivity index (χ1v) is 10.8. The van der Waals surface area contributed by atoms with Gasteiger partial charge >= 0.3 is 0 Å². The first-order valence-electron chi connectivity index (χ1n) is 10.8. The van der Waals surface area contributed by atoms with Gasteiger partial charge in [-0.2, -0.15) is 5.10 Å². The summed E-state index contributed by atoms with van der Waals surface area (Å²) in [6.07, 6.45) is 9.32. The van der Waals surface area contributed by atoms with Crippen molar-refractivity contribution in [3.05, 3.63) is 85.1 Å². The van der Waals surface area contributed by atoms with E-state index in [1.54, 1.807) is 18.0 Å². The van der Waals surface area contributed by atoms with Crippen molar-refractivity contribution in [3.63, 3.8) is 0 Å². The van der Waals surface area contributed by atoms with Crippen molar-refractivity contribution in [2.75, 3.05) is 20.2 Å². The number of rotatable bonds is 5. The van der Waals surface area contributed by atoms with Gasteiger partial charge in [-0.25, -0.2) is 9.67 Å². The van der Waals surface area contributed by atoms with Gasteiger partial charge in [0.05, 0.1) is 24.7 Å². The third kappa shape index (κ3) is 3.89. The molecule has 1 saturated heterocycles. The molecule has 7 heteroatoms. The largest absolute Gasteiger partial charge is 0.497 e. The number of imidazole rings is 1. The second-order valence-electron chi connectivity index (χ2n) is 7.93. The molecule has 2 aromatic heterocycles. The van der Waals surface area contributed by atoms with Crippen LogP contribution in [-0.4, -0.2) is 50.3 Å². The standard InChI is InChI=1S/C25H25N5O2/c1-32-22-9-7-19(8-10-22)24-23(17-30(27-24)21-5-3-2-4-6-21)25(31)28-14-11-20(12-15-28)29-16-13-26-18-29/h2-10,13,16-18,20H,11-12,14-15H2,1H3. The van der Waals surface area contributed by atoms with Crippen molar-refractivity contribution in [1.29, 1.82) is 0 Å². The molecule has 1 amide bonds. The van der Waals surface area contributed by atoms with Gasteiger partial charge in [-0.15, -0.1) is 0 Å². The predicted octanol–water partition coefficient (Wildman–Crippen LogP) is 4.22. The molecule has 3 heterocycles. The van der Waals surface area contributed by atoms with Crippen molar-refractivity contribution in [1.82, 2.24) is 24.2 Å². The maximum Gasteiger partial charge on any atom is 0.257 e. The predicted molar refractivity (Wildman–Crippen MR) is 122 cm³/mol. The van der Waals surface area contributed by atoms with Crippen LogP contribution in [0.2, 0.25) is 0 Å². The van der Waals surface area contributed by atoms with Gasteiger partial charge in [0.15, 0.2) is 0 Å². The van der Waals surface area contributed by atoms with Crippen LogP contribution in [0, 0.1) is 0 Å². The van der Waals surface area contributed by atoms with E-state index >= 15 is 0 Å². The van der Waals surface area contributed by atoms with Crippen LogP contribution in [0.5, 0.6) is 5.75 Å². The van der Waals surface area contributed by atoms with Crippen LogP contribution in [0.4, 0.5) is 0 Å². The van der Waals surface area contributed by atoms with E-state index in [1.807, 2.05) is 78.2 Å². The number of aromatic nitrogens is 4. The normalized spacial score (nSPS) is 14.5. The summed E-state index contributed by atoms with van der Waals surface area (Å²) in [6.45, 7) is 1.42.